The fourth-order valence-corrected chi connectivity index (χ4v) is 2.87. The smallest absolute Gasteiger partial charge is 0.254 e. The van der Waals surface area contributed by atoms with Gasteiger partial charge in [0.2, 0.25) is 0 Å². The molecule has 20 heavy (non-hydrogen) atoms. The standard InChI is InChI=1S/C16H23NO3/c1-12(18)9-15-7-4-8-17(15)16(19)14-6-3-5-13(10-14)11-20-2/h3,5-6,10,12,15,18H,4,7-9,11H2,1-2H3/t12-,15-/m0/s1. The van der Waals surface area contributed by atoms with Crippen LogP contribution in [0, 0.1) is 0 Å². The maximum absolute atomic E-state index is 12.6. The summed E-state index contributed by atoms with van der Waals surface area (Å²) in [6, 6.07) is 7.75. The summed E-state index contributed by atoms with van der Waals surface area (Å²) < 4.78 is 5.10. The normalized spacial score (nSPS) is 20.1. The number of rotatable bonds is 5. The molecular weight excluding hydrogens is 254 g/mol. The van der Waals surface area contributed by atoms with Crippen LogP contribution in [0.1, 0.15) is 42.1 Å². The molecule has 4 heteroatoms. The molecule has 0 unspecified atom stereocenters. The zero-order valence-corrected chi connectivity index (χ0v) is 12.2. The van der Waals surface area contributed by atoms with E-state index in [0.29, 0.717) is 18.6 Å². The van der Waals surface area contributed by atoms with Crippen molar-refractivity contribution in [1.29, 1.82) is 0 Å². The molecule has 1 N–H and O–H groups in total. The molecule has 0 aromatic heterocycles. The highest BCUT2D eigenvalue weighted by molar-refractivity contribution is 5.94. The average Bonchev–Trinajstić information content (AvgIpc) is 2.86. The van der Waals surface area contributed by atoms with Crippen molar-refractivity contribution in [3.05, 3.63) is 35.4 Å². The quantitative estimate of drug-likeness (QED) is 0.897. The molecule has 1 aromatic rings. The Morgan fingerprint density at radius 3 is 3.05 bits per heavy atom. The lowest BCUT2D eigenvalue weighted by Crippen LogP contribution is -2.37. The lowest BCUT2D eigenvalue weighted by molar-refractivity contribution is 0.0681. The monoisotopic (exact) mass is 277 g/mol. The number of aliphatic hydroxyl groups is 1. The first kappa shape index (κ1) is 15.0. The zero-order valence-electron chi connectivity index (χ0n) is 12.2. The van der Waals surface area contributed by atoms with E-state index in [2.05, 4.69) is 0 Å². The van der Waals surface area contributed by atoms with Gasteiger partial charge in [-0.3, -0.25) is 4.79 Å². The van der Waals surface area contributed by atoms with E-state index in [4.69, 9.17) is 4.74 Å². The van der Waals surface area contributed by atoms with Crippen LogP contribution in [0.3, 0.4) is 0 Å². The number of methoxy groups -OCH3 is 1. The van der Waals surface area contributed by atoms with Gasteiger partial charge in [0.25, 0.3) is 5.91 Å². The molecule has 0 spiro atoms. The van der Waals surface area contributed by atoms with E-state index in [9.17, 15) is 9.90 Å². The molecule has 1 heterocycles. The summed E-state index contributed by atoms with van der Waals surface area (Å²) >= 11 is 0. The van der Waals surface area contributed by atoms with Gasteiger partial charge in [-0.25, -0.2) is 0 Å². The zero-order chi connectivity index (χ0) is 14.5. The van der Waals surface area contributed by atoms with Crippen LogP contribution in [0.2, 0.25) is 0 Å². The van der Waals surface area contributed by atoms with Crippen molar-refractivity contribution < 1.29 is 14.6 Å². The first-order chi connectivity index (χ1) is 9.61. The molecule has 1 fully saturated rings. The van der Waals surface area contributed by atoms with Crippen molar-refractivity contribution in [1.82, 2.24) is 4.90 Å². The third-order valence-electron chi connectivity index (χ3n) is 3.74. The fraction of sp³-hybridized carbons (Fsp3) is 0.562. The highest BCUT2D eigenvalue weighted by Gasteiger charge is 2.30. The van der Waals surface area contributed by atoms with Crippen molar-refractivity contribution in [3.8, 4) is 0 Å². The van der Waals surface area contributed by atoms with Gasteiger partial charge in [0.05, 0.1) is 12.7 Å². The third-order valence-corrected chi connectivity index (χ3v) is 3.74. The van der Waals surface area contributed by atoms with Gasteiger partial charge in [0.15, 0.2) is 0 Å². The summed E-state index contributed by atoms with van der Waals surface area (Å²) in [5.74, 6) is 0.0612. The van der Waals surface area contributed by atoms with Crippen LogP contribution < -0.4 is 0 Å². The van der Waals surface area contributed by atoms with Gasteiger partial charge >= 0.3 is 0 Å². The minimum absolute atomic E-state index is 0.0612. The van der Waals surface area contributed by atoms with Crippen LogP contribution in [0.15, 0.2) is 24.3 Å². The van der Waals surface area contributed by atoms with Gasteiger partial charge in [-0.05, 0) is 43.9 Å². The van der Waals surface area contributed by atoms with Gasteiger partial charge in [-0.2, -0.15) is 0 Å². The molecule has 1 aromatic carbocycles. The molecule has 1 aliphatic heterocycles. The summed E-state index contributed by atoms with van der Waals surface area (Å²) in [6.45, 7) is 3.07. The number of carbonyl (C=O) groups excluding carboxylic acids is 1. The molecule has 1 amide bonds. The largest absolute Gasteiger partial charge is 0.393 e. The molecule has 0 bridgehead atoms. The topological polar surface area (TPSA) is 49.8 Å². The summed E-state index contributed by atoms with van der Waals surface area (Å²) in [5, 5.41) is 9.54. The molecular formula is C16H23NO3. The fourth-order valence-electron chi connectivity index (χ4n) is 2.87. The number of carbonyl (C=O) groups is 1. The predicted octanol–water partition coefficient (Wildman–Crippen LogP) is 2.21. The number of aliphatic hydroxyl groups excluding tert-OH is 1. The van der Waals surface area contributed by atoms with E-state index >= 15 is 0 Å². The lowest BCUT2D eigenvalue weighted by Gasteiger charge is -2.26. The SMILES string of the molecule is COCc1cccc(C(=O)N2CCC[C@H]2C[C@H](C)O)c1. The maximum Gasteiger partial charge on any atom is 0.254 e. The summed E-state index contributed by atoms with van der Waals surface area (Å²) in [5.41, 5.74) is 1.71. The molecule has 2 atom stereocenters. The van der Waals surface area contributed by atoms with Gasteiger partial charge in [-0.15, -0.1) is 0 Å². The summed E-state index contributed by atoms with van der Waals surface area (Å²) in [4.78, 5) is 14.5. The van der Waals surface area contributed by atoms with Crippen LogP contribution >= 0.6 is 0 Å². The number of hydrogen-bond donors (Lipinski definition) is 1. The van der Waals surface area contributed by atoms with Crippen LogP contribution in [-0.4, -0.2) is 41.7 Å². The summed E-state index contributed by atoms with van der Waals surface area (Å²) in [7, 11) is 1.65. The predicted molar refractivity (Wildman–Crippen MR) is 77.5 cm³/mol. The van der Waals surface area contributed by atoms with Gasteiger partial charge in [0.1, 0.15) is 0 Å². The minimum atomic E-state index is -0.367. The summed E-state index contributed by atoms with van der Waals surface area (Å²) in [6.07, 6.45) is 2.28. The molecule has 1 aliphatic rings. The van der Waals surface area contributed by atoms with Crippen molar-refractivity contribution >= 4 is 5.91 Å². The van der Waals surface area contributed by atoms with Crippen molar-refractivity contribution in [2.24, 2.45) is 0 Å². The molecule has 0 radical (unpaired) electrons. The van der Waals surface area contributed by atoms with E-state index in [0.717, 1.165) is 24.9 Å². The van der Waals surface area contributed by atoms with Crippen molar-refractivity contribution in [2.75, 3.05) is 13.7 Å². The second kappa shape index (κ2) is 6.86. The number of amides is 1. The lowest BCUT2D eigenvalue weighted by atomic mass is 10.1. The molecule has 0 aliphatic carbocycles. The first-order valence-corrected chi connectivity index (χ1v) is 7.18. The Bertz CT molecular complexity index is 459. The Hall–Kier alpha value is -1.39. The maximum atomic E-state index is 12.6. The molecule has 1 saturated heterocycles. The van der Waals surface area contributed by atoms with Crippen molar-refractivity contribution in [3.63, 3.8) is 0 Å². The number of hydrogen-bond acceptors (Lipinski definition) is 3. The van der Waals surface area contributed by atoms with E-state index < -0.39 is 0 Å². The van der Waals surface area contributed by atoms with Crippen molar-refractivity contribution in [2.45, 2.75) is 44.9 Å². The van der Waals surface area contributed by atoms with E-state index in [1.807, 2.05) is 29.2 Å². The number of ether oxygens (including phenoxy) is 1. The van der Waals surface area contributed by atoms with E-state index in [1.165, 1.54) is 0 Å². The Kier molecular flexibility index (Phi) is 5.15. The van der Waals surface area contributed by atoms with Crippen LogP contribution in [-0.2, 0) is 11.3 Å². The van der Waals surface area contributed by atoms with Crippen LogP contribution in [0.25, 0.3) is 0 Å². The number of benzene rings is 1. The highest BCUT2D eigenvalue weighted by atomic mass is 16.5. The Balaban J connectivity index is 2.11. The molecule has 2 rings (SSSR count). The molecule has 4 nitrogen and oxygen atoms in total. The van der Waals surface area contributed by atoms with Gasteiger partial charge < -0.3 is 14.7 Å². The average molecular weight is 277 g/mol. The van der Waals surface area contributed by atoms with Gasteiger partial charge in [-0.1, -0.05) is 12.1 Å². The first-order valence-electron chi connectivity index (χ1n) is 7.18. The van der Waals surface area contributed by atoms with Crippen LogP contribution in [0.4, 0.5) is 0 Å². The molecule has 0 saturated carbocycles. The number of nitrogens with zero attached hydrogens (tertiary/aromatic N) is 1. The minimum Gasteiger partial charge on any atom is -0.393 e. The second-order valence-electron chi connectivity index (χ2n) is 5.51. The van der Waals surface area contributed by atoms with Crippen LogP contribution in [0.5, 0.6) is 0 Å². The Morgan fingerprint density at radius 1 is 1.55 bits per heavy atom. The van der Waals surface area contributed by atoms with Gasteiger partial charge in [0, 0.05) is 25.3 Å². The second-order valence-corrected chi connectivity index (χ2v) is 5.51. The highest BCUT2D eigenvalue weighted by Crippen LogP contribution is 2.24. The Labute approximate surface area is 120 Å². The Morgan fingerprint density at radius 2 is 2.35 bits per heavy atom. The third kappa shape index (κ3) is 3.58. The van der Waals surface area contributed by atoms with E-state index in [-0.39, 0.29) is 18.1 Å². The number of likely N-dealkylation sites (tertiary alicyclic amines) is 1. The molecule has 110 valence electrons. The van der Waals surface area contributed by atoms with E-state index in [1.54, 1.807) is 14.0 Å².